The van der Waals surface area contributed by atoms with Crippen molar-refractivity contribution in [2.45, 2.75) is 39.0 Å². The maximum absolute atomic E-state index is 2.84. The van der Waals surface area contributed by atoms with Crippen LogP contribution < -0.4 is 5.32 Å². The van der Waals surface area contributed by atoms with Crippen LogP contribution in [0.25, 0.3) is 0 Å². The molecule has 4 heteroatoms. The number of nitrogens with two attached hydrogens (primary N) is 1. The van der Waals surface area contributed by atoms with E-state index in [1.165, 1.54) is 26.2 Å². The van der Waals surface area contributed by atoms with E-state index in [9.17, 15) is 0 Å². The number of quaternary nitrogens is 1. The van der Waals surface area contributed by atoms with Gasteiger partial charge in [-0.05, 0) is 0 Å². The second-order valence-electron chi connectivity index (χ2n) is 4.68. The van der Waals surface area contributed by atoms with Crippen molar-refractivity contribution < 1.29 is 24.1 Å². The molecule has 0 atom stereocenters. The van der Waals surface area contributed by atoms with Gasteiger partial charge in [0.2, 0.25) is 0 Å². The summed E-state index contributed by atoms with van der Waals surface area (Å²) in [5, 5.41) is 1.66. The molecule has 1 rings (SSSR count). The van der Waals surface area contributed by atoms with E-state index in [1.807, 2.05) is 18.8 Å². The van der Waals surface area contributed by atoms with Crippen LogP contribution in [0.2, 0.25) is 0 Å². The third-order valence-corrected chi connectivity index (χ3v) is 18.9. The Bertz CT molecular complexity index is 210. The summed E-state index contributed by atoms with van der Waals surface area (Å²) >= 11 is 1.86. The summed E-state index contributed by atoms with van der Waals surface area (Å²) < 4.78 is 2.84. The zero-order valence-corrected chi connectivity index (χ0v) is 13.7. The summed E-state index contributed by atoms with van der Waals surface area (Å²) in [5.74, 6) is 0. The number of rotatable bonds is 3. The molecule has 1 aliphatic rings. The molecule has 0 bridgehead atoms. The maximum atomic E-state index is 2.84. The third kappa shape index (κ3) is 2.58. The summed E-state index contributed by atoms with van der Waals surface area (Å²) in [5.41, 5.74) is 1.77. The first-order valence-corrected chi connectivity index (χ1v) is 11.4. The van der Waals surface area contributed by atoms with Crippen molar-refractivity contribution in [2.75, 3.05) is 26.2 Å². The van der Waals surface area contributed by atoms with E-state index in [-0.39, 0.29) is 0 Å². The van der Waals surface area contributed by atoms with Gasteiger partial charge in [-0.1, -0.05) is 0 Å². The molecule has 0 spiro atoms. The Morgan fingerprint density at radius 1 is 1.07 bits per heavy atom. The van der Waals surface area contributed by atoms with Gasteiger partial charge < -0.3 is 0 Å². The van der Waals surface area contributed by atoms with Gasteiger partial charge in [0, 0.05) is 0 Å². The average molecular weight is 387 g/mol. The summed E-state index contributed by atoms with van der Waals surface area (Å²) in [6.45, 7) is 15.0. The standard InChI is InChI=1S/C10H23N2P.W/c1-9(2)13(10(3)4)12-7-5-11-6-8-12;/h9-11H,5-8H2,1-4H3;/p+1. The van der Waals surface area contributed by atoms with E-state index in [4.69, 9.17) is 0 Å². The minimum atomic E-state index is -0.792. The molecule has 0 saturated carbocycles. The molecule has 0 radical (unpaired) electrons. The van der Waals surface area contributed by atoms with Crippen molar-refractivity contribution >= 4 is 5.05 Å². The quantitative estimate of drug-likeness (QED) is 0.719. The molecular formula is C10H24N2PW+. The van der Waals surface area contributed by atoms with Crippen molar-refractivity contribution in [1.29, 1.82) is 0 Å². The van der Waals surface area contributed by atoms with Crippen LogP contribution in [0.4, 0.5) is 0 Å². The first-order valence-electron chi connectivity index (χ1n) is 5.66. The van der Waals surface area contributed by atoms with Crippen molar-refractivity contribution in [3.63, 3.8) is 0 Å². The monoisotopic (exact) mass is 387 g/mol. The van der Waals surface area contributed by atoms with E-state index >= 15 is 0 Å². The van der Waals surface area contributed by atoms with Crippen LogP contribution in [0.15, 0.2) is 0 Å². The molecule has 2 N–H and O–H groups in total. The van der Waals surface area contributed by atoms with E-state index in [1.54, 1.807) is 0 Å². The van der Waals surface area contributed by atoms with Gasteiger partial charge in [0.1, 0.15) is 0 Å². The second-order valence-corrected chi connectivity index (χ2v) is 15.0. The Labute approximate surface area is 99.0 Å². The molecular weight excluding hydrogens is 363 g/mol. The van der Waals surface area contributed by atoms with Gasteiger partial charge in [0.15, 0.2) is 0 Å². The van der Waals surface area contributed by atoms with Crippen molar-refractivity contribution in [1.82, 2.24) is 4.67 Å². The SMILES string of the molecule is CC(C)[P](=[W])(C(C)C)N1CC[NH2+]CC1. The van der Waals surface area contributed by atoms with Crippen molar-refractivity contribution in [3.8, 4) is 0 Å². The first kappa shape index (κ1) is 13.1. The Morgan fingerprint density at radius 3 is 1.86 bits per heavy atom. The number of nitrogens with zero attached hydrogens (tertiary/aromatic N) is 1. The molecule has 2 nitrogen and oxygen atoms in total. The normalized spacial score (nSPS) is 20.7. The summed E-state index contributed by atoms with van der Waals surface area (Å²) in [4.78, 5) is 0. The van der Waals surface area contributed by atoms with E-state index in [0.29, 0.717) is 0 Å². The van der Waals surface area contributed by atoms with Crippen molar-refractivity contribution in [2.24, 2.45) is 0 Å². The zero-order chi connectivity index (χ0) is 10.8. The molecule has 0 aromatic rings. The van der Waals surface area contributed by atoms with Gasteiger partial charge >= 0.3 is 99.0 Å². The van der Waals surface area contributed by atoms with Gasteiger partial charge in [-0.15, -0.1) is 0 Å². The fraction of sp³-hybridized carbons (Fsp3) is 1.00. The molecule has 14 heavy (non-hydrogen) atoms. The summed E-state index contributed by atoms with van der Waals surface area (Å²) in [7, 11) is 0. The molecule has 1 heterocycles. The molecule has 0 unspecified atom stereocenters. The Hall–Kier alpha value is 1.04. The molecule has 84 valence electrons. The number of piperazine rings is 1. The van der Waals surface area contributed by atoms with Gasteiger partial charge in [-0.25, -0.2) is 0 Å². The van der Waals surface area contributed by atoms with Crippen LogP contribution in [0.5, 0.6) is 0 Å². The van der Waals surface area contributed by atoms with E-state index in [0.717, 1.165) is 11.3 Å². The molecule has 1 saturated heterocycles. The molecule has 0 aliphatic carbocycles. The first-order chi connectivity index (χ1) is 6.49. The van der Waals surface area contributed by atoms with Gasteiger partial charge in [-0.3, -0.25) is 0 Å². The van der Waals surface area contributed by atoms with E-state index < -0.39 is 5.05 Å². The van der Waals surface area contributed by atoms with Crippen LogP contribution in [0.3, 0.4) is 0 Å². The van der Waals surface area contributed by atoms with Crippen LogP contribution >= 0.6 is 5.05 Å². The summed E-state index contributed by atoms with van der Waals surface area (Å²) in [6.07, 6.45) is 0. The fourth-order valence-electron chi connectivity index (χ4n) is 2.30. The second kappa shape index (κ2) is 5.39. The Kier molecular flexibility index (Phi) is 5.05. The third-order valence-electron chi connectivity index (χ3n) is 3.10. The predicted octanol–water partition coefficient (Wildman–Crippen LogP) is 1.08. The minimum absolute atomic E-state index is 0.792. The van der Waals surface area contributed by atoms with Crippen LogP contribution in [-0.4, -0.2) is 42.2 Å². The Balaban J connectivity index is 2.81. The number of hydrogen-bond acceptors (Lipinski definition) is 1. The topological polar surface area (TPSA) is 19.9 Å². The average Bonchev–Trinajstić information content (AvgIpc) is 2.17. The predicted molar refractivity (Wildman–Crippen MR) is 60.4 cm³/mol. The van der Waals surface area contributed by atoms with Gasteiger partial charge in [0.05, 0.1) is 0 Å². The van der Waals surface area contributed by atoms with Crippen molar-refractivity contribution in [3.05, 3.63) is 0 Å². The molecule has 1 fully saturated rings. The zero-order valence-electron chi connectivity index (χ0n) is 9.86. The molecule has 0 aromatic carbocycles. The fourth-order valence-corrected chi connectivity index (χ4v) is 7.41. The van der Waals surface area contributed by atoms with Crippen LogP contribution in [-0.2, 0) is 18.8 Å². The van der Waals surface area contributed by atoms with Crippen LogP contribution in [0.1, 0.15) is 27.7 Å². The number of hydrogen-bond donors (Lipinski definition) is 1. The van der Waals surface area contributed by atoms with E-state index in [2.05, 4.69) is 37.7 Å². The van der Waals surface area contributed by atoms with Gasteiger partial charge in [0.25, 0.3) is 0 Å². The Morgan fingerprint density at radius 2 is 1.50 bits per heavy atom. The molecule has 1 aliphatic heterocycles. The van der Waals surface area contributed by atoms with Crippen LogP contribution in [0, 0.1) is 0 Å². The van der Waals surface area contributed by atoms with Gasteiger partial charge in [-0.2, -0.15) is 0 Å². The molecule has 0 amide bonds. The summed E-state index contributed by atoms with van der Waals surface area (Å²) in [6, 6.07) is 0. The molecule has 0 aromatic heterocycles.